The van der Waals surface area contributed by atoms with Crippen LogP contribution in [0.1, 0.15) is 23.5 Å². The number of alkyl halides is 6. The van der Waals surface area contributed by atoms with E-state index < -0.39 is 48.4 Å². The average Bonchev–Trinajstić information content (AvgIpc) is 2.70. The maximum atomic E-state index is 12.5. The topological polar surface area (TPSA) is 60.0 Å². The molecule has 0 saturated carbocycles. The summed E-state index contributed by atoms with van der Waals surface area (Å²) < 4.78 is 88.6. The maximum Gasteiger partial charge on any atom is 0.573 e. The van der Waals surface area contributed by atoms with Crippen molar-refractivity contribution in [2.75, 3.05) is 13.1 Å². The fraction of sp³-hybridized carbons (Fsp3) is 0.429. The van der Waals surface area contributed by atoms with Gasteiger partial charge in [0.1, 0.15) is 11.5 Å². The minimum Gasteiger partial charge on any atom is -0.406 e. The molecule has 0 aromatic heterocycles. The number of aliphatic hydroxyl groups is 1. The Morgan fingerprint density at radius 2 is 1.36 bits per heavy atom. The molecule has 33 heavy (non-hydrogen) atoms. The number of hydrogen-bond donors (Lipinski definition) is 2. The minimum absolute atomic E-state index is 0.115. The van der Waals surface area contributed by atoms with Gasteiger partial charge in [0.15, 0.2) is 0 Å². The lowest BCUT2D eigenvalue weighted by Gasteiger charge is -2.38. The van der Waals surface area contributed by atoms with Crippen LogP contribution in [-0.4, -0.2) is 57.0 Å². The average molecular weight is 475 g/mol. The maximum absolute atomic E-state index is 12.5. The van der Waals surface area contributed by atoms with Crippen LogP contribution in [-0.2, 0) is 4.74 Å². The zero-order valence-corrected chi connectivity index (χ0v) is 17.1. The van der Waals surface area contributed by atoms with Gasteiger partial charge in [0.2, 0.25) is 0 Å². The molecule has 1 saturated heterocycles. The molecule has 2 N–H and O–H groups in total. The van der Waals surface area contributed by atoms with Crippen molar-refractivity contribution in [3.63, 3.8) is 0 Å². The number of benzene rings is 2. The molecule has 1 aliphatic rings. The van der Waals surface area contributed by atoms with Crippen LogP contribution in [0.5, 0.6) is 11.5 Å². The van der Waals surface area contributed by atoms with Gasteiger partial charge in [0, 0.05) is 12.3 Å². The van der Waals surface area contributed by atoms with Crippen LogP contribution in [0, 0.1) is 0 Å². The second-order valence-corrected chi connectivity index (χ2v) is 7.40. The Morgan fingerprint density at radius 1 is 0.909 bits per heavy atom. The first-order valence-corrected chi connectivity index (χ1v) is 9.89. The van der Waals surface area contributed by atoms with Crippen molar-refractivity contribution in [3.05, 3.63) is 59.7 Å². The van der Waals surface area contributed by atoms with Crippen LogP contribution in [0.2, 0.25) is 0 Å². The summed E-state index contributed by atoms with van der Waals surface area (Å²) in [5.41, 5.74) is 1.05. The molecule has 178 valence electrons. The van der Waals surface area contributed by atoms with Gasteiger partial charge in [-0.25, -0.2) is 0 Å². The monoisotopic (exact) mass is 475 g/mol. The Labute approximate surface area is 187 Å². The lowest BCUT2D eigenvalue weighted by molar-refractivity contribution is -0.275. The predicted molar refractivity (Wildman–Crippen MR) is 106 cm³/mol. The molecule has 0 bridgehead atoms. The van der Waals surface area contributed by atoms with E-state index in [9.17, 15) is 31.4 Å². The number of hydrogen-bond acceptors (Lipinski definition) is 5. The Kier molecular flexibility index (Phi) is 7.81. The van der Waals surface area contributed by atoms with E-state index in [-0.39, 0.29) is 19.5 Å². The zero-order chi connectivity index (χ0) is 24.2. The fourth-order valence-electron chi connectivity index (χ4n) is 3.76. The molecule has 3 atom stereocenters. The van der Waals surface area contributed by atoms with Crippen molar-refractivity contribution in [1.29, 1.82) is 0 Å². The first kappa shape index (κ1) is 25.2. The van der Waals surface area contributed by atoms with Gasteiger partial charge in [-0.2, -0.15) is 0 Å². The van der Waals surface area contributed by atoms with E-state index in [4.69, 9.17) is 12.6 Å². The molecule has 0 unspecified atom stereocenters. The van der Waals surface area contributed by atoms with E-state index in [0.717, 1.165) is 24.3 Å². The van der Waals surface area contributed by atoms with Gasteiger partial charge >= 0.3 is 12.7 Å². The van der Waals surface area contributed by atoms with Gasteiger partial charge in [-0.1, -0.05) is 24.3 Å². The lowest BCUT2D eigenvalue weighted by Crippen LogP contribution is -2.51. The largest absolute Gasteiger partial charge is 0.573 e. The first-order valence-electron chi connectivity index (χ1n) is 9.89. The Hall–Kier alpha value is -2.44. The summed E-state index contributed by atoms with van der Waals surface area (Å²) in [4.78, 5) is 0. The molecule has 3 rings (SSSR count). The highest BCUT2D eigenvalue weighted by atomic mass is 19.4. The van der Waals surface area contributed by atoms with E-state index in [0.29, 0.717) is 11.1 Å². The Bertz CT molecular complexity index is 832. The molecule has 0 amide bonds. The fourth-order valence-corrected chi connectivity index (χ4v) is 3.76. The molecule has 5 nitrogen and oxygen atoms in total. The van der Waals surface area contributed by atoms with Crippen molar-refractivity contribution in [2.45, 2.75) is 43.3 Å². The summed E-state index contributed by atoms with van der Waals surface area (Å²) in [5.74, 6) is -1.44. The molecule has 1 aliphatic heterocycles. The summed E-state index contributed by atoms with van der Waals surface area (Å²) >= 11 is 0. The van der Waals surface area contributed by atoms with Crippen LogP contribution in [0.3, 0.4) is 0 Å². The second kappa shape index (κ2) is 10.2. The highest BCUT2D eigenvalue weighted by Gasteiger charge is 2.36. The molecule has 12 heteroatoms. The van der Waals surface area contributed by atoms with Gasteiger partial charge in [-0.15, -0.1) is 26.3 Å². The number of ether oxygens (including phenoxy) is 3. The number of halogens is 6. The van der Waals surface area contributed by atoms with Crippen molar-refractivity contribution in [3.8, 4) is 11.5 Å². The van der Waals surface area contributed by atoms with Crippen molar-refractivity contribution in [1.82, 2.24) is 5.32 Å². The molecule has 2 aromatic rings. The standard InChI is InChI=1S/C21H20BF6NO4/c22-11-29-16-10-31-18(9-17(16)30)19(12-1-5-14(6-2-12)32-20(23,24)25)13-3-7-15(8-4-13)33-21(26,27)28/h1-8,16-19,29-30H,9-11H2/t16-,17+,18+/m1/s1. The molecule has 1 heterocycles. The molecule has 2 radical (unpaired) electrons. The first-order chi connectivity index (χ1) is 15.4. The van der Waals surface area contributed by atoms with E-state index >= 15 is 0 Å². The third kappa shape index (κ3) is 7.28. The van der Waals surface area contributed by atoms with Crippen LogP contribution in [0.25, 0.3) is 0 Å². The highest BCUT2D eigenvalue weighted by Crippen LogP contribution is 2.37. The van der Waals surface area contributed by atoms with Gasteiger partial charge in [-0.3, -0.25) is 0 Å². The van der Waals surface area contributed by atoms with Gasteiger partial charge in [0.25, 0.3) is 0 Å². The van der Waals surface area contributed by atoms with E-state index in [2.05, 4.69) is 14.8 Å². The Morgan fingerprint density at radius 3 is 1.73 bits per heavy atom. The van der Waals surface area contributed by atoms with Crippen LogP contribution in [0.15, 0.2) is 48.5 Å². The quantitative estimate of drug-likeness (QED) is 0.471. The normalized spacial score (nSPS) is 21.8. The highest BCUT2D eigenvalue weighted by molar-refractivity contribution is 6.08. The molecule has 0 spiro atoms. The predicted octanol–water partition coefficient (Wildman–Crippen LogP) is 3.85. The SMILES string of the molecule is [B]CN[C@@H]1CO[C@H](C(c2ccc(OC(F)(F)F)cc2)c2ccc(OC(F)(F)F)cc2)C[C@@H]1O. The third-order valence-electron chi connectivity index (χ3n) is 5.13. The molecule has 2 aromatic carbocycles. The van der Waals surface area contributed by atoms with E-state index in [1.165, 1.54) is 24.3 Å². The van der Waals surface area contributed by atoms with Crippen LogP contribution < -0.4 is 14.8 Å². The smallest absolute Gasteiger partial charge is 0.406 e. The van der Waals surface area contributed by atoms with Gasteiger partial charge < -0.3 is 24.6 Å². The Balaban J connectivity index is 1.88. The summed E-state index contributed by atoms with van der Waals surface area (Å²) in [5, 5.41) is 13.4. The molecule has 0 aliphatic carbocycles. The van der Waals surface area contributed by atoms with Crippen LogP contribution >= 0.6 is 0 Å². The minimum atomic E-state index is -4.85. The van der Waals surface area contributed by atoms with Gasteiger partial charge in [-0.05, 0) is 41.8 Å². The van der Waals surface area contributed by atoms with Crippen LogP contribution in [0.4, 0.5) is 26.3 Å². The molecular weight excluding hydrogens is 455 g/mol. The second-order valence-electron chi connectivity index (χ2n) is 7.40. The molecular formula is C21H20BF6NO4. The third-order valence-corrected chi connectivity index (χ3v) is 5.13. The summed E-state index contributed by atoms with van der Waals surface area (Å²) in [7, 11) is 5.45. The number of aliphatic hydroxyl groups excluding tert-OH is 1. The van der Waals surface area contributed by atoms with E-state index in [1.54, 1.807) is 0 Å². The van der Waals surface area contributed by atoms with Crippen molar-refractivity contribution in [2.24, 2.45) is 0 Å². The zero-order valence-electron chi connectivity index (χ0n) is 17.1. The van der Waals surface area contributed by atoms with E-state index in [1.807, 2.05) is 0 Å². The van der Waals surface area contributed by atoms with Crippen molar-refractivity contribution < 1.29 is 45.7 Å². The number of nitrogens with one attached hydrogen (secondary N) is 1. The lowest BCUT2D eigenvalue weighted by atomic mass is 9.82. The van der Waals surface area contributed by atoms with Crippen molar-refractivity contribution >= 4 is 7.85 Å². The summed E-state index contributed by atoms with van der Waals surface area (Å²) in [6, 6.07) is 9.76. The molecule has 1 fully saturated rings. The summed E-state index contributed by atoms with van der Waals surface area (Å²) in [6.07, 6.45) is -10.9. The number of rotatable bonds is 7. The van der Waals surface area contributed by atoms with Gasteiger partial charge in [0.05, 0.1) is 32.7 Å². The summed E-state index contributed by atoms with van der Waals surface area (Å²) in [6.45, 7) is 0.115.